The molecule has 25 heavy (non-hydrogen) atoms. The summed E-state index contributed by atoms with van der Waals surface area (Å²) in [5.41, 5.74) is 1.95. The highest BCUT2D eigenvalue weighted by molar-refractivity contribution is 7.20. The van der Waals surface area contributed by atoms with E-state index in [0.29, 0.717) is 13.2 Å². The van der Waals surface area contributed by atoms with Gasteiger partial charge in [0.25, 0.3) is 0 Å². The third-order valence-corrected chi connectivity index (χ3v) is 4.69. The maximum atomic E-state index is 11.9. The molecule has 0 bridgehead atoms. The molecule has 1 N–H and O–H groups in total. The maximum absolute atomic E-state index is 11.9. The number of imidazole rings is 1. The summed E-state index contributed by atoms with van der Waals surface area (Å²) in [4.78, 5) is 19.2. The number of anilines is 1. The smallest absolute Gasteiger partial charge is 0.239 e. The van der Waals surface area contributed by atoms with E-state index in [9.17, 15) is 4.79 Å². The van der Waals surface area contributed by atoms with E-state index in [1.807, 2.05) is 48.5 Å². The Hall–Kier alpha value is -2.45. The molecule has 0 spiro atoms. The maximum Gasteiger partial charge on any atom is 0.239 e. The van der Waals surface area contributed by atoms with Gasteiger partial charge in [0, 0.05) is 32.9 Å². The molecular weight excluding hydrogens is 338 g/mol. The van der Waals surface area contributed by atoms with Crippen LogP contribution in [0.1, 0.15) is 6.42 Å². The molecule has 2 aromatic heterocycles. The zero-order chi connectivity index (χ0) is 17.6. The second-order valence-corrected chi connectivity index (χ2v) is 6.59. The Labute approximate surface area is 150 Å². The van der Waals surface area contributed by atoms with Crippen LogP contribution < -0.4 is 10.2 Å². The van der Waals surface area contributed by atoms with E-state index in [0.717, 1.165) is 27.8 Å². The van der Waals surface area contributed by atoms with Gasteiger partial charge in [0.1, 0.15) is 0 Å². The summed E-state index contributed by atoms with van der Waals surface area (Å²) >= 11 is 1.46. The van der Waals surface area contributed by atoms with Crippen molar-refractivity contribution in [3.05, 3.63) is 36.5 Å². The summed E-state index contributed by atoms with van der Waals surface area (Å²) in [6.45, 7) is 1.51. The Balaban J connectivity index is 1.62. The minimum Gasteiger partial charge on any atom is -0.385 e. The molecule has 0 saturated heterocycles. The molecule has 3 rings (SSSR count). The number of carbonyl (C=O) groups is 1. The van der Waals surface area contributed by atoms with Crippen molar-refractivity contribution >= 4 is 27.3 Å². The lowest BCUT2D eigenvalue weighted by Gasteiger charge is -2.14. The Bertz CT molecular complexity index is 799. The first kappa shape index (κ1) is 17.4. The van der Waals surface area contributed by atoms with Gasteiger partial charge < -0.3 is 15.0 Å². The Morgan fingerprint density at radius 3 is 2.88 bits per heavy atom. The predicted octanol–water partition coefficient (Wildman–Crippen LogP) is 2.05. The number of nitrogens with zero attached hydrogens (tertiary/aromatic N) is 4. The topological polar surface area (TPSA) is 71.8 Å². The third-order valence-electron chi connectivity index (χ3n) is 3.66. The summed E-state index contributed by atoms with van der Waals surface area (Å²) in [6, 6.07) is 10.00. The standard InChI is InChI=1S/C17H21N5O2S/c1-21(12-15(23)18-9-6-10-24-2)17-20-22-11-14(19-16(22)25-17)13-7-4-3-5-8-13/h3-5,7-8,11H,6,9-10,12H2,1-2H3,(H,18,23). The molecule has 132 valence electrons. The van der Waals surface area contributed by atoms with Gasteiger partial charge in [-0.25, -0.2) is 9.50 Å². The SMILES string of the molecule is COCCCNC(=O)CN(C)c1nn2cc(-c3ccccc3)nc2s1. The molecule has 0 aliphatic heterocycles. The first-order valence-electron chi connectivity index (χ1n) is 8.06. The van der Waals surface area contributed by atoms with Gasteiger partial charge in [0.15, 0.2) is 0 Å². The highest BCUT2D eigenvalue weighted by Crippen LogP contribution is 2.25. The van der Waals surface area contributed by atoms with Crippen LogP contribution in [0.5, 0.6) is 0 Å². The van der Waals surface area contributed by atoms with Gasteiger partial charge >= 0.3 is 0 Å². The second-order valence-electron chi connectivity index (χ2n) is 5.66. The number of carbonyl (C=O) groups excluding carboxylic acids is 1. The van der Waals surface area contributed by atoms with Crippen LogP contribution in [0.2, 0.25) is 0 Å². The van der Waals surface area contributed by atoms with Crippen LogP contribution in [0.25, 0.3) is 16.2 Å². The molecule has 2 heterocycles. The van der Waals surface area contributed by atoms with Crippen molar-refractivity contribution in [3.8, 4) is 11.3 Å². The lowest BCUT2D eigenvalue weighted by atomic mass is 10.2. The van der Waals surface area contributed by atoms with Crippen LogP contribution in [0.3, 0.4) is 0 Å². The molecule has 0 fully saturated rings. The molecule has 0 saturated carbocycles. The highest BCUT2D eigenvalue weighted by atomic mass is 32.1. The molecule has 0 aliphatic rings. The lowest BCUT2D eigenvalue weighted by molar-refractivity contribution is -0.119. The predicted molar refractivity (Wildman–Crippen MR) is 99.1 cm³/mol. The van der Waals surface area contributed by atoms with E-state index >= 15 is 0 Å². The number of ether oxygens (including phenoxy) is 1. The molecule has 0 aliphatic carbocycles. The molecule has 0 radical (unpaired) electrons. The average Bonchev–Trinajstić information content (AvgIpc) is 3.18. The zero-order valence-corrected chi connectivity index (χ0v) is 15.1. The van der Waals surface area contributed by atoms with Gasteiger partial charge in [-0.2, -0.15) is 0 Å². The summed E-state index contributed by atoms with van der Waals surface area (Å²) in [5.74, 6) is -0.0311. The summed E-state index contributed by atoms with van der Waals surface area (Å²) in [6.07, 6.45) is 2.71. The molecular formula is C17H21N5O2S. The van der Waals surface area contributed by atoms with E-state index < -0.39 is 0 Å². The van der Waals surface area contributed by atoms with Crippen molar-refractivity contribution in [1.82, 2.24) is 19.9 Å². The van der Waals surface area contributed by atoms with Crippen LogP contribution in [0.4, 0.5) is 5.13 Å². The van der Waals surface area contributed by atoms with E-state index in [2.05, 4.69) is 15.4 Å². The number of benzene rings is 1. The first-order valence-corrected chi connectivity index (χ1v) is 8.87. The Kier molecular flexibility index (Phi) is 5.62. The minimum atomic E-state index is -0.0311. The number of hydrogen-bond donors (Lipinski definition) is 1. The number of nitrogens with one attached hydrogen (secondary N) is 1. The summed E-state index contributed by atoms with van der Waals surface area (Å²) in [5, 5.41) is 8.15. The van der Waals surface area contributed by atoms with Crippen molar-refractivity contribution in [2.75, 3.05) is 38.8 Å². The lowest BCUT2D eigenvalue weighted by Crippen LogP contribution is -2.35. The van der Waals surface area contributed by atoms with E-state index in [1.54, 1.807) is 11.6 Å². The van der Waals surface area contributed by atoms with Gasteiger partial charge in [-0.05, 0) is 6.42 Å². The zero-order valence-electron chi connectivity index (χ0n) is 14.3. The van der Waals surface area contributed by atoms with Gasteiger partial charge in [0.2, 0.25) is 16.0 Å². The first-order chi connectivity index (χ1) is 12.2. The molecule has 0 atom stereocenters. The van der Waals surface area contributed by atoms with Crippen molar-refractivity contribution in [2.24, 2.45) is 0 Å². The Morgan fingerprint density at radius 2 is 2.16 bits per heavy atom. The third kappa shape index (κ3) is 4.34. The number of methoxy groups -OCH3 is 1. The molecule has 7 nitrogen and oxygen atoms in total. The molecule has 8 heteroatoms. The van der Waals surface area contributed by atoms with Gasteiger partial charge in [-0.3, -0.25) is 4.79 Å². The van der Waals surface area contributed by atoms with Crippen LogP contribution >= 0.6 is 11.3 Å². The highest BCUT2D eigenvalue weighted by Gasteiger charge is 2.14. The van der Waals surface area contributed by atoms with Gasteiger partial charge in [0.05, 0.1) is 18.4 Å². The Morgan fingerprint density at radius 1 is 1.36 bits per heavy atom. The normalized spacial score (nSPS) is 11.0. The molecule has 1 aromatic carbocycles. The summed E-state index contributed by atoms with van der Waals surface area (Å²) in [7, 11) is 3.50. The quantitative estimate of drug-likeness (QED) is 0.623. The van der Waals surface area contributed by atoms with Crippen molar-refractivity contribution in [3.63, 3.8) is 0 Å². The summed E-state index contributed by atoms with van der Waals surface area (Å²) < 4.78 is 6.72. The number of amides is 1. The molecule has 1 amide bonds. The average molecular weight is 359 g/mol. The van der Waals surface area contributed by atoms with E-state index in [-0.39, 0.29) is 12.5 Å². The van der Waals surface area contributed by atoms with Crippen molar-refractivity contribution < 1.29 is 9.53 Å². The van der Waals surface area contributed by atoms with E-state index in [1.165, 1.54) is 11.3 Å². The van der Waals surface area contributed by atoms with Crippen LogP contribution in [-0.2, 0) is 9.53 Å². The largest absolute Gasteiger partial charge is 0.385 e. The monoisotopic (exact) mass is 359 g/mol. The van der Waals surface area contributed by atoms with Gasteiger partial charge in [-0.15, -0.1) is 5.10 Å². The van der Waals surface area contributed by atoms with Crippen molar-refractivity contribution in [2.45, 2.75) is 6.42 Å². The molecule has 0 unspecified atom stereocenters. The van der Waals surface area contributed by atoms with Gasteiger partial charge in [-0.1, -0.05) is 41.7 Å². The second kappa shape index (κ2) is 8.09. The molecule has 3 aromatic rings. The number of aromatic nitrogens is 3. The van der Waals surface area contributed by atoms with Crippen LogP contribution in [0, 0.1) is 0 Å². The fraction of sp³-hybridized carbons (Fsp3) is 0.353. The van der Waals surface area contributed by atoms with Crippen LogP contribution in [0.15, 0.2) is 36.5 Å². The number of hydrogen-bond acceptors (Lipinski definition) is 6. The van der Waals surface area contributed by atoms with E-state index in [4.69, 9.17) is 4.74 Å². The van der Waals surface area contributed by atoms with Crippen molar-refractivity contribution in [1.29, 1.82) is 0 Å². The number of likely N-dealkylation sites (N-methyl/N-ethyl adjacent to an activating group) is 1. The minimum absolute atomic E-state index is 0.0311. The van der Waals surface area contributed by atoms with Crippen LogP contribution in [-0.4, -0.2) is 54.4 Å². The fourth-order valence-corrected chi connectivity index (χ4v) is 3.22. The fourth-order valence-electron chi connectivity index (χ4n) is 2.38. The number of fused-ring (bicyclic) bond motifs is 1. The number of rotatable bonds is 8.